The molecule has 106 valence electrons. The molecule has 1 saturated carbocycles. The first-order chi connectivity index (χ1) is 9.12. The fourth-order valence-electron chi connectivity index (χ4n) is 2.30. The van der Waals surface area contributed by atoms with E-state index in [0.29, 0.717) is 22.5 Å². The highest BCUT2D eigenvalue weighted by Gasteiger charge is 2.33. The molecule has 0 unspecified atom stereocenters. The van der Waals surface area contributed by atoms with E-state index in [1.165, 1.54) is 29.7 Å². The monoisotopic (exact) mass is 281 g/mol. The maximum atomic E-state index is 11.9. The summed E-state index contributed by atoms with van der Waals surface area (Å²) >= 11 is 1.50. The van der Waals surface area contributed by atoms with E-state index in [4.69, 9.17) is 5.73 Å². The summed E-state index contributed by atoms with van der Waals surface area (Å²) in [6.45, 7) is 4.35. The molecule has 1 heterocycles. The number of hydrogen-bond donors (Lipinski definition) is 3. The number of nitrogens with two attached hydrogens (primary N) is 1. The number of carbonyl (C=O) groups excluding carboxylic acids is 1. The van der Waals surface area contributed by atoms with Crippen molar-refractivity contribution in [1.29, 1.82) is 0 Å². The summed E-state index contributed by atoms with van der Waals surface area (Å²) in [5.74, 6) is 0.466. The molecule has 0 saturated heterocycles. The largest absolute Gasteiger partial charge is 0.397 e. The molecular formula is C14H23N3OS. The number of thiophene rings is 1. The SMILES string of the molecule is CCC(CC)Nc1sc(C(=O)NC)c(N)c1C1CC1. The molecule has 0 aromatic carbocycles. The van der Waals surface area contributed by atoms with Crippen LogP contribution in [-0.4, -0.2) is 19.0 Å². The molecule has 1 aromatic rings. The lowest BCUT2D eigenvalue weighted by molar-refractivity contribution is 0.0968. The van der Waals surface area contributed by atoms with Crippen LogP contribution < -0.4 is 16.4 Å². The number of anilines is 2. The van der Waals surface area contributed by atoms with Crippen molar-refractivity contribution < 1.29 is 4.79 Å². The van der Waals surface area contributed by atoms with Gasteiger partial charge in [0.15, 0.2) is 0 Å². The maximum absolute atomic E-state index is 11.9. The van der Waals surface area contributed by atoms with E-state index in [1.54, 1.807) is 7.05 Å². The van der Waals surface area contributed by atoms with Crippen LogP contribution in [0, 0.1) is 0 Å². The number of rotatable bonds is 6. The third kappa shape index (κ3) is 2.86. The minimum absolute atomic E-state index is 0.0815. The van der Waals surface area contributed by atoms with Gasteiger partial charge in [0.2, 0.25) is 0 Å². The van der Waals surface area contributed by atoms with Gasteiger partial charge in [-0.25, -0.2) is 0 Å². The molecule has 0 atom stereocenters. The molecule has 1 aromatic heterocycles. The number of hydrogen-bond acceptors (Lipinski definition) is 4. The fraction of sp³-hybridized carbons (Fsp3) is 0.643. The minimum atomic E-state index is -0.0815. The van der Waals surface area contributed by atoms with Crippen LogP contribution in [0.3, 0.4) is 0 Å². The minimum Gasteiger partial charge on any atom is -0.397 e. The summed E-state index contributed by atoms with van der Waals surface area (Å²) in [4.78, 5) is 12.5. The Bertz CT molecular complexity index is 462. The molecule has 0 aliphatic heterocycles. The first kappa shape index (κ1) is 14.2. The van der Waals surface area contributed by atoms with E-state index in [-0.39, 0.29) is 5.91 Å². The Kier molecular flexibility index (Phi) is 4.34. The first-order valence-electron chi connectivity index (χ1n) is 7.03. The highest BCUT2D eigenvalue weighted by molar-refractivity contribution is 7.18. The molecule has 1 aliphatic rings. The lowest BCUT2D eigenvalue weighted by Crippen LogP contribution is -2.17. The summed E-state index contributed by atoms with van der Waals surface area (Å²) in [6.07, 6.45) is 4.53. The smallest absolute Gasteiger partial charge is 0.263 e. The van der Waals surface area contributed by atoms with Crippen molar-refractivity contribution in [2.24, 2.45) is 0 Å². The van der Waals surface area contributed by atoms with Crippen LogP contribution in [0.5, 0.6) is 0 Å². The Morgan fingerprint density at radius 3 is 2.53 bits per heavy atom. The van der Waals surface area contributed by atoms with Crippen LogP contribution in [-0.2, 0) is 0 Å². The van der Waals surface area contributed by atoms with Gasteiger partial charge in [-0.3, -0.25) is 4.79 Å². The third-order valence-corrected chi connectivity index (χ3v) is 4.87. The van der Waals surface area contributed by atoms with Crippen molar-refractivity contribution in [3.63, 3.8) is 0 Å². The van der Waals surface area contributed by atoms with Crippen LogP contribution in [0.1, 0.15) is 60.7 Å². The zero-order valence-corrected chi connectivity index (χ0v) is 12.7. The van der Waals surface area contributed by atoms with E-state index in [9.17, 15) is 4.79 Å². The van der Waals surface area contributed by atoms with Crippen molar-refractivity contribution in [2.45, 2.75) is 51.5 Å². The molecule has 5 heteroatoms. The molecule has 4 nitrogen and oxygen atoms in total. The topological polar surface area (TPSA) is 67.2 Å². The molecule has 1 fully saturated rings. The predicted molar refractivity (Wildman–Crippen MR) is 82.1 cm³/mol. The first-order valence-corrected chi connectivity index (χ1v) is 7.84. The number of carbonyl (C=O) groups is 1. The van der Waals surface area contributed by atoms with Crippen LogP contribution in [0.2, 0.25) is 0 Å². The third-order valence-electron chi connectivity index (χ3n) is 3.72. The Morgan fingerprint density at radius 1 is 1.42 bits per heavy atom. The summed E-state index contributed by atoms with van der Waals surface area (Å²) in [6, 6.07) is 0.452. The molecule has 2 rings (SSSR count). The van der Waals surface area contributed by atoms with Gasteiger partial charge in [-0.15, -0.1) is 11.3 Å². The zero-order chi connectivity index (χ0) is 14.0. The van der Waals surface area contributed by atoms with Gasteiger partial charge in [0, 0.05) is 18.7 Å². The van der Waals surface area contributed by atoms with Gasteiger partial charge in [-0.2, -0.15) is 0 Å². The van der Waals surface area contributed by atoms with Crippen molar-refractivity contribution >= 4 is 27.9 Å². The second-order valence-electron chi connectivity index (χ2n) is 5.10. The van der Waals surface area contributed by atoms with Crippen molar-refractivity contribution in [1.82, 2.24) is 5.32 Å². The Morgan fingerprint density at radius 2 is 2.05 bits per heavy atom. The molecule has 4 N–H and O–H groups in total. The van der Waals surface area contributed by atoms with Crippen LogP contribution in [0.4, 0.5) is 10.7 Å². The van der Waals surface area contributed by atoms with E-state index in [1.807, 2.05) is 0 Å². The van der Waals surface area contributed by atoms with E-state index >= 15 is 0 Å². The Hall–Kier alpha value is -1.23. The predicted octanol–water partition coefficient (Wildman–Crippen LogP) is 3.17. The Balaban J connectivity index is 2.33. The van der Waals surface area contributed by atoms with E-state index < -0.39 is 0 Å². The summed E-state index contributed by atoms with van der Waals surface area (Å²) in [5, 5.41) is 7.34. The maximum Gasteiger partial charge on any atom is 0.263 e. The second kappa shape index (κ2) is 5.82. The van der Waals surface area contributed by atoms with Crippen molar-refractivity contribution in [2.75, 3.05) is 18.1 Å². The van der Waals surface area contributed by atoms with Crippen molar-refractivity contribution in [3.05, 3.63) is 10.4 Å². The van der Waals surface area contributed by atoms with Crippen molar-refractivity contribution in [3.8, 4) is 0 Å². The number of nitrogens with one attached hydrogen (secondary N) is 2. The van der Waals surface area contributed by atoms with Gasteiger partial charge in [-0.1, -0.05) is 13.8 Å². The van der Waals surface area contributed by atoms with Gasteiger partial charge in [0.25, 0.3) is 5.91 Å². The van der Waals surface area contributed by atoms with Gasteiger partial charge in [0.05, 0.1) is 10.7 Å². The summed E-state index contributed by atoms with van der Waals surface area (Å²) < 4.78 is 0. The Labute approximate surface area is 118 Å². The zero-order valence-electron chi connectivity index (χ0n) is 11.9. The molecule has 0 spiro atoms. The van der Waals surface area contributed by atoms with Gasteiger partial charge < -0.3 is 16.4 Å². The second-order valence-corrected chi connectivity index (χ2v) is 6.12. The molecule has 0 radical (unpaired) electrons. The molecule has 19 heavy (non-hydrogen) atoms. The van der Waals surface area contributed by atoms with E-state index in [0.717, 1.165) is 17.8 Å². The van der Waals surface area contributed by atoms with Gasteiger partial charge in [-0.05, 0) is 31.6 Å². The molecular weight excluding hydrogens is 258 g/mol. The van der Waals surface area contributed by atoms with Gasteiger partial charge >= 0.3 is 0 Å². The molecule has 1 aliphatic carbocycles. The van der Waals surface area contributed by atoms with Crippen LogP contribution >= 0.6 is 11.3 Å². The number of amides is 1. The standard InChI is InChI=1S/C14H23N3OS/c1-4-9(5-2)17-14-10(8-6-7-8)11(15)12(19-14)13(18)16-3/h8-9,17H,4-7,15H2,1-3H3,(H,16,18). The van der Waals surface area contributed by atoms with Crippen LogP contribution in [0.15, 0.2) is 0 Å². The van der Waals surface area contributed by atoms with E-state index in [2.05, 4.69) is 24.5 Å². The molecule has 1 amide bonds. The highest BCUT2D eigenvalue weighted by Crippen LogP contribution is 2.51. The average Bonchev–Trinajstić information content (AvgIpc) is 3.20. The summed E-state index contributed by atoms with van der Waals surface area (Å²) in [7, 11) is 1.65. The number of nitrogen functional groups attached to an aromatic ring is 1. The lowest BCUT2D eigenvalue weighted by Gasteiger charge is -2.16. The quantitative estimate of drug-likeness (QED) is 0.750. The van der Waals surface area contributed by atoms with Crippen LogP contribution in [0.25, 0.3) is 0 Å². The summed E-state index contributed by atoms with van der Waals surface area (Å²) in [5.41, 5.74) is 8.05. The normalized spacial score (nSPS) is 14.7. The highest BCUT2D eigenvalue weighted by atomic mass is 32.1. The average molecular weight is 281 g/mol. The lowest BCUT2D eigenvalue weighted by atomic mass is 10.1. The fourth-order valence-corrected chi connectivity index (χ4v) is 3.53. The van der Waals surface area contributed by atoms with Gasteiger partial charge in [0.1, 0.15) is 4.88 Å². The molecule has 0 bridgehead atoms.